The SMILES string of the molecule is COc1ccc(N2C(=O)C(Cl)=C(Nc3cccc(C(=O)Nc4ccc(F)cc4)c3)C2=O)c(OC)c1. The molecule has 178 valence electrons. The number of hydrogen-bond donors (Lipinski definition) is 2. The van der Waals surface area contributed by atoms with Gasteiger partial charge < -0.3 is 20.1 Å². The molecule has 0 radical (unpaired) electrons. The van der Waals surface area contributed by atoms with E-state index >= 15 is 0 Å². The molecule has 35 heavy (non-hydrogen) atoms. The summed E-state index contributed by atoms with van der Waals surface area (Å²) >= 11 is 6.22. The lowest BCUT2D eigenvalue weighted by molar-refractivity contribution is -0.120. The van der Waals surface area contributed by atoms with E-state index in [1.54, 1.807) is 30.3 Å². The van der Waals surface area contributed by atoms with Crippen LogP contribution in [-0.2, 0) is 9.59 Å². The van der Waals surface area contributed by atoms with Crippen molar-refractivity contribution in [3.8, 4) is 11.5 Å². The van der Waals surface area contributed by atoms with Gasteiger partial charge in [-0.25, -0.2) is 9.29 Å². The minimum absolute atomic E-state index is 0.148. The second kappa shape index (κ2) is 9.86. The number of methoxy groups -OCH3 is 2. The standard InChI is InChI=1S/C25H19ClFN3O5/c1-34-18-10-11-19(20(13-18)35-2)30-24(32)21(26)22(25(30)33)28-17-5-3-4-14(12-17)23(31)29-16-8-6-15(27)7-9-16/h3-13,28H,1-2H3,(H,29,31). The minimum Gasteiger partial charge on any atom is -0.497 e. The van der Waals surface area contributed by atoms with Crippen molar-refractivity contribution in [3.63, 3.8) is 0 Å². The Balaban J connectivity index is 1.56. The maximum Gasteiger partial charge on any atom is 0.283 e. The maximum atomic E-state index is 13.1. The van der Waals surface area contributed by atoms with E-state index in [0.717, 1.165) is 4.90 Å². The third kappa shape index (κ3) is 4.80. The van der Waals surface area contributed by atoms with Gasteiger partial charge in [-0.1, -0.05) is 17.7 Å². The van der Waals surface area contributed by atoms with Crippen LogP contribution in [0.4, 0.5) is 21.5 Å². The number of ether oxygens (including phenoxy) is 2. The molecule has 10 heteroatoms. The summed E-state index contributed by atoms with van der Waals surface area (Å²) in [6, 6.07) is 16.2. The Kier molecular flexibility index (Phi) is 6.70. The molecular formula is C25H19ClFN3O5. The first kappa shape index (κ1) is 23.8. The predicted octanol–water partition coefficient (Wildman–Crippen LogP) is 4.53. The molecule has 0 saturated carbocycles. The first-order chi connectivity index (χ1) is 16.8. The van der Waals surface area contributed by atoms with E-state index in [1.807, 2.05) is 0 Å². The van der Waals surface area contributed by atoms with Crippen molar-refractivity contribution in [1.29, 1.82) is 0 Å². The molecule has 1 aliphatic rings. The maximum absolute atomic E-state index is 13.1. The summed E-state index contributed by atoms with van der Waals surface area (Å²) in [5.74, 6) is -1.55. The molecule has 0 spiro atoms. The summed E-state index contributed by atoms with van der Waals surface area (Å²) in [7, 11) is 2.88. The lowest BCUT2D eigenvalue weighted by Crippen LogP contribution is -2.32. The van der Waals surface area contributed by atoms with Crippen LogP contribution in [0.5, 0.6) is 11.5 Å². The molecule has 3 aromatic carbocycles. The van der Waals surface area contributed by atoms with E-state index in [-0.39, 0.29) is 27.7 Å². The van der Waals surface area contributed by atoms with E-state index in [0.29, 0.717) is 17.1 Å². The minimum atomic E-state index is -0.729. The Bertz CT molecular complexity index is 1360. The molecule has 3 aromatic rings. The average Bonchev–Trinajstić information content (AvgIpc) is 3.08. The van der Waals surface area contributed by atoms with Gasteiger partial charge in [0.15, 0.2) is 0 Å². The summed E-state index contributed by atoms with van der Waals surface area (Å²) < 4.78 is 23.6. The molecule has 0 aliphatic carbocycles. The highest BCUT2D eigenvalue weighted by Gasteiger charge is 2.40. The van der Waals surface area contributed by atoms with Crippen LogP contribution in [0.3, 0.4) is 0 Å². The summed E-state index contributed by atoms with van der Waals surface area (Å²) in [5.41, 5.74) is 1.09. The molecule has 4 rings (SSSR count). The Hall–Kier alpha value is -4.37. The number of anilines is 3. The van der Waals surface area contributed by atoms with Crippen LogP contribution >= 0.6 is 11.6 Å². The monoisotopic (exact) mass is 495 g/mol. The van der Waals surface area contributed by atoms with Crippen LogP contribution in [0.2, 0.25) is 0 Å². The summed E-state index contributed by atoms with van der Waals surface area (Å²) in [4.78, 5) is 39.5. The zero-order valence-corrected chi connectivity index (χ0v) is 19.4. The zero-order valence-electron chi connectivity index (χ0n) is 18.6. The van der Waals surface area contributed by atoms with Crippen LogP contribution in [-0.4, -0.2) is 31.9 Å². The van der Waals surface area contributed by atoms with Gasteiger partial charge in [0.2, 0.25) is 0 Å². The summed E-state index contributed by atoms with van der Waals surface area (Å²) in [5, 5.41) is 5.18. The average molecular weight is 496 g/mol. The molecule has 0 fully saturated rings. The Morgan fingerprint density at radius 3 is 2.34 bits per heavy atom. The number of imide groups is 1. The van der Waals surface area contributed by atoms with Crippen LogP contribution < -0.4 is 25.0 Å². The van der Waals surface area contributed by atoms with Crippen molar-refractivity contribution in [2.24, 2.45) is 0 Å². The van der Waals surface area contributed by atoms with Gasteiger partial charge in [0.1, 0.15) is 28.0 Å². The fraction of sp³-hybridized carbons (Fsp3) is 0.0800. The van der Waals surface area contributed by atoms with Crippen LogP contribution in [0.15, 0.2) is 77.5 Å². The molecule has 0 saturated heterocycles. The van der Waals surface area contributed by atoms with E-state index in [2.05, 4.69) is 10.6 Å². The number of rotatable bonds is 7. The van der Waals surface area contributed by atoms with Crippen molar-refractivity contribution in [3.05, 3.63) is 88.8 Å². The summed E-state index contributed by atoms with van der Waals surface area (Å²) in [6.45, 7) is 0. The lowest BCUT2D eigenvalue weighted by Gasteiger charge is -2.18. The molecule has 1 aliphatic heterocycles. The number of benzene rings is 3. The van der Waals surface area contributed by atoms with Gasteiger partial charge in [-0.2, -0.15) is 0 Å². The van der Waals surface area contributed by atoms with Crippen molar-refractivity contribution in [1.82, 2.24) is 0 Å². The fourth-order valence-electron chi connectivity index (χ4n) is 3.42. The number of amides is 3. The zero-order chi connectivity index (χ0) is 25.1. The molecule has 3 amide bonds. The highest BCUT2D eigenvalue weighted by Crippen LogP contribution is 2.37. The van der Waals surface area contributed by atoms with Crippen molar-refractivity contribution >= 4 is 46.4 Å². The van der Waals surface area contributed by atoms with Gasteiger partial charge in [0, 0.05) is 23.0 Å². The van der Waals surface area contributed by atoms with Gasteiger partial charge in [0.05, 0.1) is 19.9 Å². The third-order valence-electron chi connectivity index (χ3n) is 5.15. The smallest absolute Gasteiger partial charge is 0.283 e. The largest absolute Gasteiger partial charge is 0.497 e. The van der Waals surface area contributed by atoms with Crippen LogP contribution in [0.1, 0.15) is 10.4 Å². The van der Waals surface area contributed by atoms with Gasteiger partial charge in [-0.05, 0) is 54.6 Å². The van der Waals surface area contributed by atoms with Gasteiger partial charge in [-0.3, -0.25) is 14.4 Å². The van der Waals surface area contributed by atoms with Crippen molar-refractivity contribution in [2.45, 2.75) is 0 Å². The fourth-order valence-corrected chi connectivity index (χ4v) is 3.63. The first-order valence-corrected chi connectivity index (χ1v) is 10.6. The molecular weight excluding hydrogens is 477 g/mol. The van der Waals surface area contributed by atoms with Gasteiger partial charge in [-0.15, -0.1) is 0 Å². The third-order valence-corrected chi connectivity index (χ3v) is 5.50. The van der Waals surface area contributed by atoms with Gasteiger partial charge in [0.25, 0.3) is 17.7 Å². The highest BCUT2D eigenvalue weighted by molar-refractivity contribution is 6.53. The highest BCUT2D eigenvalue weighted by atomic mass is 35.5. The molecule has 0 unspecified atom stereocenters. The van der Waals surface area contributed by atoms with Crippen LogP contribution in [0.25, 0.3) is 0 Å². The number of carbonyl (C=O) groups is 3. The van der Waals surface area contributed by atoms with E-state index in [9.17, 15) is 18.8 Å². The molecule has 2 N–H and O–H groups in total. The molecule has 1 heterocycles. The lowest BCUT2D eigenvalue weighted by atomic mass is 10.1. The number of hydrogen-bond acceptors (Lipinski definition) is 6. The summed E-state index contributed by atoms with van der Waals surface area (Å²) in [6.07, 6.45) is 0. The van der Waals surface area contributed by atoms with Crippen molar-refractivity contribution in [2.75, 3.05) is 29.8 Å². The number of halogens is 2. The Morgan fingerprint density at radius 1 is 0.914 bits per heavy atom. The molecule has 0 bridgehead atoms. The quantitative estimate of drug-likeness (QED) is 0.467. The number of nitrogens with one attached hydrogen (secondary N) is 2. The topological polar surface area (TPSA) is 97.0 Å². The second-order valence-corrected chi connectivity index (χ2v) is 7.72. The van der Waals surface area contributed by atoms with E-state index in [4.69, 9.17) is 21.1 Å². The predicted molar refractivity (Wildman–Crippen MR) is 129 cm³/mol. The molecule has 8 nitrogen and oxygen atoms in total. The van der Waals surface area contributed by atoms with Crippen LogP contribution in [0, 0.1) is 5.82 Å². The Labute approximate surface area is 204 Å². The number of nitrogens with zero attached hydrogens (tertiary/aromatic N) is 1. The molecule has 0 aromatic heterocycles. The normalized spacial score (nSPS) is 13.2. The second-order valence-electron chi connectivity index (χ2n) is 7.34. The van der Waals surface area contributed by atoms with E-state index < -0.39 is 23.5 Å². The first-order valence-electron chi connectivity index (χ1n) is 10.3. The number of carbonyl (C=O) groups excluding carboxylic acids is 3. The molecule has 0 atom stereocenters. The van der Waals surface area contributed by atoms with E-state index in [1.165, 1.54) is 50.6 Å². The Morgan fingerprint density at radius 2 is 1.66 bits per heavy atom. The van der Waals surface area contributed by atoms with Crippen molar-refractivity contribution < 1.29 is 28.2 Å². The van der Waals surface area contributed by atoms with Gasteiger partial charge >= 0.3 is 0 Å².